The van der Waals surface area contributed by atoms with E-state index in [1.807, 2.05) is 24.6 Å². The number of hydrogen-bond acceptors (Lipinski definition) is 4. The van der Waals surface area contributed by atoms with Crippen molar-refractivity contribution in [3.8, 4) is 0 Å². The SMILES string of the molecule is CN=C(NCCCNC(=O)c1cccs1)N(C)CCc1cccs1. The molecule has 1 amide bonds. The lowest BCUT2D eigenvalue weighted by Crippen LogP contribution is -2.41. The van der Waals surface area contributed by atoms with Gasteiger partial charge in [-0.1, -0.05) is 12.1 Å². The number of guanidine groups is 1. The van der Waals surface area contributed by atoms with Gasteiger partial charge in [-0.05, 0) is 35.7 Å². The minimum absolute atomic E-state index is 0.00227. The molecule has 2 aromatic heterocycles. The third-order valence-electron chi connectivity index (χ3n) is 3.51. The molecule has 2 rings (SSSR count). The first kappa shape index (κ1) is 18.5. The zero-order valence-electron chi connectivity index (χ0n) is 14.1. The fraction of sp³-hybridized carbons (Fsp3) is 0.412. The Labute approximate surface area is 151 Å². The third kappa shape index (κ3) is 5.98. The average molecular weight is 365 g/mol. The number of nitrogens with zero attached hydrogens (tertiary/aromatic N) is 2. The number of hydrogen-bond donors (Lipinski definition) is 2. The standard InChI is InChI=1S/C17H24N4OS2/c1-18-17(21(2)11-8-14-6-3-12-23-14)20-10-5-9-19-16(22)15-7-4-13-24-15/h3-4,6-7,12-13H,5,8-11H2,1-2H3,(H,18,20)(H,19,22). The number of aliphatic imine (C=N–C) groups is 1. The molecule has 0 spiro atoms. The van der Waals surface area contributed by atoms with Gasteiger partial charge in [0.2, 0.25) is 0 Å². The molecule has 0 fully saturated rings. The predicted octanol–water partition coefficient (Wildman–Crippen LogP) is 2.68. The number of carbonyl (C=O) groups excluding carboxylic acids is 1. The Bertz CT molecular complexity index is 623. The Morgan fingerprint density at radius 3 is 2.58 bits per heavy atom. The highest BCUT2D eigenvalue weighted by Gasteiger charge is 2.07. The highest BCUT2D eigenvalue weighted by Crippen LogP contribution is 2.09. The molecule has 5 nitrogen and oxygen atoms in total. The number of carbonyl (C=O) groups is 1. The second kappa shape index (κ2) is 10.1. The van der Waals surface area contributed by atoms with Gasteiger partial charge in [0.25, 0.3) is 5.91 Å². The molecule has 130 valence electrons. The summed E-state index contributed by atoms with van der Waals surface area (Å²) in [4.78, 5) is 20.4. The fourth-order valence-electron chi connectivity index (χ4n) is 2.21. The van der Waals surface area contributed by atoms with E-state index in [0.717, 1.165) is 36.8 Å². The van der Waals surface area contributed by atoms with Crippen LogP contribution in [0.1, 0.15) is 21.0 Å². The molecule has 0 aliphatic heterocycles. The molecule has 2 N–H and O–H groups in total. The van der Waals surface area contributed by atoms with Gasteiger partial charge in [0.05, 0.1) is 4.88 Å². The number of rotatable bonds is 8. The van der Waals surface area contributed by atoms with Crippen molar-refractivity contribution in [2.75, 3.05) is 33.7 Å². The van der Waals surface area contributed by atoms with Gasteiger partial charge in [0, 0.05) is 38.6 Å². The maximum Gasteiger partial charge on any atom is 0.261 e. The van der Waals surface area contributed by atoms with Crippen molar-refractivity contribution in [2.24, 2.45) is 4.99 Å². The Hall–Kier alpha value is -1.86. The van der Waals surface area contributed by atoms with Gasteiger partial charge >= 0.3 is 0 Å². The number of nitrogens with one attached hydrogen (secondary N) is 2. The van der Waals surface area contributed by atoms with Gasteiger partial charge in [0.15, 0.2) is 5.96 Å². The first-order chi connectivity index (χ1) is 11.7. The molecule has 0 atom stereocenters. The van der Waals surface area contributed by atoms with Crippen LogP contribution in [0.3, 0.4) is 0 Å². The molecule has 0 aromatic carbocycles. The first-order valence-electron chi connectivity index (χ1n) is 7.96. The quantitative estimate of drug-likeness (QED) is 0.430. The van der Waals surface area contributed by atoms with Crippen LogP contribution in [0.5, 0.6) is 0 Å². The van der Waals surface area contributed by atoms with Crippen LogP contribution in [0.25, 0.3) is 0 Å². The molecule has 24 heavy (non-hydrogen) atoms. The summed E-state index contributed by atoms with van der Waals surface area (Å²) in [5, 5.41) is 10.3. The molecule has 0 radical (unpaired) electrons. The van der Waals surface area contributed by atoms with Gasteiger partial charge in [0.1, 0.15) is 0 Å². The molecular formula is C17H24N4OS2. The van der Waals surface area contributed by atoms with E-state index in [1.165, 1.54) is 16.2 Å². The van der Waals surface area contributed by atoms with E-state index in [-0.39, 0.29) is 5.91 Å². The van der Waals surface area contributed by atoms with Gasteiger partial charge in [-0.25, -0.2) is 0 Å². The maximum atomic E-state index is 11.8. The number of amides is 1. The van der Waals surface area contributed by atoms with Crippen molar-refractivity contribution in [3.05, 3.63) is 44.8 Å². The lowest BCUT2D eigenvalue weighted by atomic mass is 10.3. The van der Waals surface area contributed by atoms with Crippen LogP contribution < -0.4 is 10.6 Å². The molecule has 0 aliphatic carbocycles. The lowest BCUT2D eigenvalue weighted by molar-refractivity contribution is 0.0957. The molecule has 7 heteroatoms. The second-order valence-corrected chi connectivity index (χ2v) is 7.29. The number of likely N-dealkylation sites (N-methyl/N-ethyl adjacent to an activating group) is 1. The topological polar surface area (TPSA) is 56.7 Å². The van der Waals surface area contributed by atoms with Crippen molar-refractivity contribution in [1.82, 2.24) is 15.5 Å². The van der Waals surface area contributed by atoms with Crippen LogP contribution in [-0.2, 0) is 6.42 Å². The summed E-state index contributed by atoms with van der Waals surface area (Å²) in [7, 11) is 3.84. The van der Waals surface area contributed by atoms with E-state index in [0.29, 0.717) is 6.54 Å². The van der Waals surface area contributed by atoms with Crippen LogP contribution in [-0.4, -0.2) is 50.5 Å². The fourth-order valence-corrected chi connectivity index (χ4v) is 3.55. The normalized spacial score (nSPS) is 11.3. The molecule has 2 heterocycles. The molecule has 2 aromatic rings. The Morgan fingerprint density at radius 1 is 1.17 bits per heavy atom. The second-order valence-electron chi connectivity index (χ2n) is 5.31. The van der Waals surface area contributed by atoms with E-state index in [9.17, 15) is 4.79 Å². The van der Waals surface area contributed by atoms with E-state index < -0.39 is 0 Å². The smallest absolute Gasteiger partial charge is 0.261 e. The minimum Gasteiger partial charge on any atom is -0.356 e. The highest BCUT2D eigenvalue weighted by molar-refractivity contribution is 7.12. The van der Waals surface area contributed by atoms with Gasteiger partial charge in [-0.15, -0.1) is 22.7 Å². The Morgan fingerprint density at radius 2 is 1.92 bits per heavy atom. The summed E-state index contributed by atoms with van der Waals surface area (Å²) in [6.07, 6.45) is 1.88. The van der Waals surface area contributed by atoms with Crippen molar-refractivity contribution in [1.29, 1.82) is 0 Å². The summed E-state index contributed by atoms with van der Waals surface area (Å²) < 4.78 is 0. The van der Waals surface area contributed by atoms with Crippen molar-refractivity contribution < 1.29 is 4.79 Å². The van der Waals surface area contributed by atoms with Gasteiger partial charge in [-0.2, -0.15) is 0 Å². The van der Waals surface area contributed by atoms with Crippen LogP contribution in [0.2, 0.25) is 0 Å². The van der Waals surface area contributed by atoms with E-state index in [4.69, 9.17) is 0 Å². The molecule has 0 saturated heterocycles. The zero-order valence-corrected chi connectivity index (χ0v) is 15.8. The largest absolute Gasteiger partial charge is 0.356 e. The summed E-state index contributed by atoms with van der Waals surface area (Å²) in [5.41, 5.74) is 0. The van der Waals surface area contributed by atoms with Gasteiger partial charge < -0.3 is 15.5 Å². The minimum atomic E-state index is 0.00227. The maximum absolute atomic E-state index is 11.8. The van der Waals surface area contributed by atoms with Gasteiger partial charge in [-0.3, -0.25) is 9.79 Å². The summed E-state index contributed by atoms with van der Waals surface area (Å²) in [6.45, 7) is 2.36. The zero-order chi connectivity index (χ0) is 17.2. The molecule has 0 bridgehead atoms. The summed E-state index contributed by atoms with van der Waals surface area (Å²) in [6, 6.07) is 7.96. The van der Waals surface area contributed by atoms with Crippen LogP contribution in [0.15, 0.2) is 40.0 Å². The van der Waals surface area contributed by atoms with E-state index in [1.54, 1.807) is 18.4 Å². The van der Waals surface area contributed by atoms with Crippen LogP contribution >= 0.6 is 22.7 Å². The number of thiophene rings is 2. The van der Waals surface area contributed by atoms with E-state index >= 15 is 0 Å². The lowest BCUT2D eigenvalue weighted by Gasteiger charge is -2.21. The van der Waals surface area contributed by atoms with Crippen molar-refractivity contribution in [2.45, 2.75) is 12.8 Å². The summed E-state index contributed by atoms with van der Waals surface area (Å²) >= 11 is 3.24. The molecule has 0 aliphatic rings. The van der Waals surface area contributed by atoms with Crippen LogP contribution in [0, 0.1) is 0 Å². The Kier molecular flexibility index (Phi) is 7.77. The summed E-state index contributed by atoms with van der Waals surface area (Å²) in [5.74, 6) is 0.888. The molecular weight excluding hydrogens is 340 g/mol. The predicted molar refractivity (Wildman–Crippen MR) is 103 cm³/mol. The highest BCUT2D eigenvalue weighted by atomic mass is 32.1. The Balaban J connectivity index is 1.61. The third-order valence-corrected chi connectivity index (χ3v) is 5.32. The monoisotopic (exact) mass is 364 g/mol. The molecule has 0 unspecified atom stereocenters. The average Bonchev–Trinajstić information content (AvgIpc) is 3.29. The van der Waals surface area contributed by atoms with Crippen molar-refractivity contribution >= 4 is 34.5 Å². The van der Waals surface area contributed by atoms with E-state index in [2.05, 4.69) is 38.0 Å². The molecule has 0 saturated carbocycles. The first-order valence-corrected chi connectivity index (χ1v) is 9.72. The van der Waals surface area contributed by atoms with Crippen LogP contribution in [0.4, 0.5) is 0 Å². The van der Waals surface area contributed by atoms with Crippen molar-refractivity contribution in [3.63, 3.8) is 0 Å².